The van der Waals surface area contributed by atoms with Gasteiger partial charge in [0, 0.05) is 11.1 Å². The third-order valence-corrected chi connectivity index (χ3v) is 2.24. The quantitative estimate of drug-likeness (QED) is 0.350. The summed E-state index contributed by atoms with van der Waals surface area (Å²) in [6.07, 6.45) is 0. The summed E-state index contributed by atoms with van der Waals surface area (Å²) in [7, 11) is 0. The van der Waals surface area contributed by atoms with Crippen LogP contribution < -0.4 is 22.5 Å². The molecule has 0 unspecified atom stereocenters. The van der Waals surface area contributed by atoms with E-state index < -0.39 is 11.9 Å². The number of hydrogen-bond acceptors (Lipinski definition) is 6. The Morgan fingerprint density at radius 1 is 0.750 bits per heavy atom. The predicted octanol–water partition coefficient (Wildman–Crippen LogP) is 1.58. The van der Waals surface area contributed by atoms with Crippen molar-refractivity contribution in [3.8, 4) is 0 Å². The molecule has 1 aromatic carbocycles. The highest BCUT2D eigenvalue weighted by Crippen LogP contribution is 2.03. The van der Waals surface area contributed by atoms with E-state index in [9.17, 15) is 9.59 Å². The summed E-state index contributed by atoms with van der Waals surface area (Å²) in [6, 6.07) is 5.02. The highest BCUT2D eigenvalue weighted by Gasteiger charge is 2.05. The molecule has 0 atom stereocenters. The van der Waals surface area contributed by atoms with E-state index in [0.29, 0.717) is 0 Å². The topological polar surface area (TPSA) is 151 Å². The number of nitrogens with one attached hydrogen (secondary N) is 2. The molecule has 1 aromatic rings. The average molecular weight is 342 g/mol. The van der Waals surface area contributed by atoms with E-state index in [-0.39, 0.29) is 22.2 Å². The zero-order valence-corrected chi connectivity index (χ0v) is 15.2. The average Bonchev–Trinajstić information content (AvgIpc) is 2.47. The van der Waals surface area contributed by atoms with Crippen LogP contribution in [0.15, 0.2) is 24.3 Å². The first kappa shape index (κ1) is 24.3. The molecular formula is C16H30N4O4. The lowest BCUT2D eigenvalue weighted by Crippen LogP contribution is -2.41. The largest absolute Gasteiger partial charge is 0.478 e. The first-order valence-electron chi connectivity index (χ1n) is 7.25. The van der Waals surface area contributed by atoms with Crippen LogP contribution >= 0.6 is 0 Å². The van der Waals surface area contributed by atoms with E-state index in [1.807, 2.05) is 41.5 Å². The third-order valence-electron chi connectivity index (χ3n) is 2.24. The summed E-state index contributed by atoms with van der Waals surface area (Å²) in [5.74, 6) is 7.99. The van der Waals surface area contributed by atoms with Crippen LogP contribution in [0, 0.1) is 0 Å². The molecule has 0 bridgehead atoms. The molecule has 8 heteroatoms. The van der Waals surface area contributed by atoms with E-state index in [1.54, 1.807) is 0 Å². The number of aromatic carboxylic acids is 2. The Kier molecular flexibility index (Phi) is 10.8. The molecule has 8 nitrogen and oxygen atoms in total. The summed E-state index contributed by atoms with van der Waals surface area (Å²) in [4.78, 5) is 20.7. The number of rotatable bonds is 2. The van der Waals surface area contributed by atoms with Gasteiger partial charge >= 0.3 is 11.9 Å². The van der Waals surface area contributed by atoms with Crippen LogP contribution in [-0.2, 0) is 0 Å². The summed E-state index contributed by atoms with van der Waals surface area (Å²) in [5.41, 5.74) is 5.51. The first-order chi connectivity index (χ1) is 10.7. The number of carbonyl (C=O) groups is 2. The Labute approximate surface area is 143 Å². The molecule has 0 aliphatic carbocycles. The highest BCUT2D eigenvalue weighted by atomic mass is 16.4. The molecule has 0 fully saturated rings. The van der Waals surface area contributed by atoms with Gasteiger partial charge in [0.1, 0.15) is 0 Å². The molecule has 1 rings (SSSR count). The SMILES string of the molecule is CC(C)(C)NN.CC(C)(C)NN.O=C(O)c1ccc(C(=O)O)cc1. The van der Waals surface area contributed by atoms with Gasteiger partial charge in [-0.15, -0.1) is 0 Å². The van der Waals surface area contributed by atoms with Gasteiger partial charge in [0.15, 0.2) is 0 Å². The number of nitrogens with two attached hydrogens (primary N) is 2. The predicted molar refractivity (Wildman–Crippen MR) is 94.5 cm³/mol. The van der Waals surface area contributed by atoms with Crippen molar-refractivity contribution in [1.82, 2.24) is 10.9 Å². The molecule has 8 N–H and O–H groups in total. The van der Waals surface area contributed by atoms with Gasteiger partial charge in [-0.05, 0) is 65.8 Å². The van der Waals surface area contributed by atoms with Gasteiger partial charge in [-0.3, -0.25) is 22.5 Å². The van der Waals surface area contributed by atoms with Gasteiger partial charge in [0.2, 0.25) is 0 Å². The second-order valence-corrected chi connectivity index (χ2v) is 6.98. The Balaban J connectivity index is 0. The maximum atomic E-state index is 10.3. The number of carboxylic acid groups (broad SMARTS) is 2. The summed E-state index contributed by atoms with van der Waals surface area (Å²) >= 11 is 0. The molecule has 0 aliphatic heterocycles. The third kappa shape index (κ3) is 14.9. The van der Waals surface area contributed by atoms with E-state index in [0.717, 1.165) is 0 Å². The number of hydrazine groups is 2. The molecule has 138 valence electrons. The summed E-state index contributed by atoms with van der Waals surface area (Å²) in [5, 5.41) is 16.9. The smallest absolute Gasteiger partial charge is 0.335 e. The van der Waals surface area contributed by atoms with Gasteiger partial charge in [0.25, 0.3) is 0 Å². The Morgan fingerprint density at radius 3 is 1.00 bits per heavy atom. The Hall–Kier alpha value is -2.00. The molecule has 0 spiro atoms. The van der Waals surface area contributed by atoms with E-state index in [4.69, 9.17) is 21.9 Å². The summed E-state index contributed by atoms with van der Waals surface area (Å²) < 4.78 is 0. The van der Waals surface area contributed by atoms with Crippen molar-refractivity contribution in [3.05, 3.63) is 35.4 Å². The lowest BCUT2D eigenvalue weighted by Gasteiger charge is -2.14. The van der Waals surface area contributed by atoms with Crippen LogP contribution in [0.25, 0.3) is 0 Å². The molecular weight excluding hydrogens is 312 g/mol. The molecule has 0 saturated heterocycles. The molecule has 0 heterocycles. The van der Waals surface area contributed by atoms with Gasteiger partial charge in [-0.25, -0.2) is 9.59 Å². The fourth-order valence-corrected chi connectivity index (χ4v) is 0.755. The normalized spacial score (nSPS) is 10.7. The maximum Gasteiger partial charge on any atom is 0.335 e. The second kappa shape index (κ2) is 10.7. The van der Waals surface area contributed by atoms with Crippen molar-refractivity contribution in [2.24, 2.45) is 11.7 Å². The first-order valence-corrected chi connectivity index (χ1v) is 7.25. The van der Waals surface area contributed by atoms with Crippen LogP contribution in [0.2, 0.25) is 0 Å². The number of hydrogen-bond donors (Lipinski definition) is 6. The fraction of sp³-hybridized carbons (Fsp3) is 0.500. The van der Waals surface area contributed by atoms with E-state index in [2.05, 4.69) is 10.9 Å². The highest BCUT2D eigenvalue weighted by molar-refractivity contribution is 5.91. The monoisotopic (exact) mass is 342 g/mol. The van der Waals surface area contributed by atoms with Crippen LogP contribution in [-0.4, -0.2) is 33.2 Å². The van der Waals surface area contributed by atoms with Gasteiger partial charge in [0.05, 0.1) is 11.1 Å². The maximum absolute atomic E-state index is 10.3. The van der Waals surface area contributed by atoms with Gasteiger partial charge in [-0.1, -0.05) is 0 Å². The van der Waals surface area contributed by atoms with Crippen molar-refractivity contribution in [3.63, 3.8) is 0 Å². The fourth-order valence-electron chi connectivity index (χ4n) is 0.755. The molecule has 0 radical (unpaired) electrons. The minimum Gasteiger partial charge on any atom is -0.478 e. The van der Waals surface area contributed by atoms with Crippen molar-refractivity contribution in [1.29, 1.82) is 0 Å². The minimum absolute atomic E-state index is 0.0694. The van der Waals surface area contributed by atoms with E-state index in [1.165, 1.54) is 24.3 Å². The van der Waals surface area contributed by atoms with Crippen molar-refractivity contribution in [2.75, 3.05) is 0 Å². The Bertz CT molecular complexity index is 455. The zero-order valence-electron chi connectivity index (χ0n) is 15.2. The van der Waals surface area contributed by atoms with Gasteiger partial charge in [-0.2, -0.15) is 0 Å². The molecule has 0 aromatic heterocycles. The van der Waals surface area contributed by atoms with Crippen LogP contribution in [0.4, 0.5) is 0 Å². The molecule has 0 amide bonds. The molecule has 0 aliphatic rings. The van der Waals surface area contributed by atoms with Crippen molar-refractivity contribution < 1.29 is 19.8 Å². The van der Waals surface area contributed by atoms with Gasteiger partial charge < -0.3 is 10.2 Å². The lowest BCUT2D eigenvalue weighted by molar-refractivity contribution is 0.0681. The number of carboxylic acids is 2. The summed E-state index contributed by atoms with van der Waals surface area (Å²) in [6.45, 7) is 12.0. The number of benzene rings is 1. The second-order valence-electron chi connectivity index (χ2n) is 6.98. The van der Waals surface area contributed by atoms with E-state index >= 15 is 0 Å². The van der Waals surface area contributed by atoms with Crippen molar-refractivity contribution >= 4 is 11.9 Å². The molecule has 24 heavy (non-hydrogen) atoms. The zero-order chi connectivity index (χ0) is 19.6. The molecule has 0 saturated carbocycles. The van der Waals surface area contributed by atoms with Crippen LogP contribution in [0.5, 0.6) is 0 Å². The Morgan fingerprint density at radius 2 is 0.917 bits per heavy atom. The minimum atomic E-state index is -1.06. The standard InChI is InChI=1S/C8H6O4.2C4H12N2/c9-7(10)5-1-2-6(4-3-5)8(11)12;2*1-4(2,3)6-5/h1-4H,(H,9,10)(H,11,12);2*6H,5H2,1-3H3. The van der Waals surface area contributed by atoms with Crippen LogP contribution in [0.1, 0.15) is 62.3 Å². The van der Waals surface area contributed by atoms with Crippen molar-refractivity contribution in [2.45, 2.75) is 52.6 Å². The lowest BCUT2D eigenvalue weighted by atomic mass is 10.1. The van der Waals surface area contributed by atoms with Crippen LogP contribution in [0.3, 0.4) is 0 Å².